The molecule has 0 aliphatic carbocycles. The maximum atomic E-state index is 5.32. The molecule has 76 valence electrons. The number of nitrogens with one attached hydrogen (secondary N) is 2. The minimum atomic E-state index is 0.634. The summed E-state index contributed by atoms with van der Waals surface area (Å²) in [5, 5.41) is 6.99. The summed E-state index contributed by atoms with van der Waals surface area (Å²) in [6.45, 7) is 5.46. The zero-order valence-corrected chi connectivity index (χ0v) is 8.22. The average Bonchev–Trinajstić information content (AvgIpc) is 2.69. The van der Waals surface area contributed by atoms with Crippen LogP contribution in [0, 0.1) is 5.92 Å². The van der Waals surface area contributed by atoms with Crippen molar-refractivity contribution in [3.63, 3.8) is 0 Å². The summed E-state index contributed by atoms with van der Waals surface area (Å²) in [6, 6.07) is 0.634. The minimum absolute atomic E-state index is 0.634. The normalized spacial score (nSPS) is 30.9. The Kier molecular flexibility index (Phi) is 3.58. The molecule has 3 nitrogen and oxygen atoms in total. The van der Waals surface area contributed by atoms with Gasteiger partial charge in [-0.05, 0) is 44.8 Å². The molecular weight excluding hydrogens is 164 g/mol. The van der Waals surface area contributed by atoms with Crippen LogP contribution in [0.2, 0.25) is 0 Å². The molecule has 2 aliphatic rings. The van der Waals surface area contributed by atoms with Gasteiger partial charge in [0.15, 0.2) is 0 Å². The van der Waals surface area contributed by atoms with Gasteiger partial charge in [-0.25, -0.2) is 0 Å². The average molecular weight is 184 g/mol. The first-order chi connectivity index (χ1) is 6.45. The quantitative estimate of drug-likeness (QED) is 0.664. The highest BCUT2D eigenvalue weighted by atomic mass is 16.5. The molecule has 0 saturated carbocycles. The molecule has 0 bridgehead atoms. The summed E-state index contributed by atoms with van der Waals surface area (Å²) in [5.41, 5.74) is 0. The molecule has 0 aromatic rings. The molecule has 3 heteroatoms. The Balaban J connectivity index is 1.60. The molecule has 0 aromatic heterocycles. The molecule has 0 spiro atoms. The second kappa shape index (κ2) is 4.94. The molecule has 1 unspecified atom stereocenters. The van der Waals surface area contributed by atoms with E-state index in [4.69, 9.17) is 4.74 Å². The third-order valence-corrected chi connectivity index (χ3v) is 3.08. The first-order valence-corrected chi connectivity index (χ1v) is 5.47. The molecule has 0 radical (unpaired) electrons. The van der Waals surface area contributed by atoms with Crippen molar-refractivity contribution >= 4 is 0 Å². The molecular formula is C10H20N2O. The molecule has 0 amide bonds. The van der Waals surface area contributed by atoms with Crippen molar-refractivity contribution in [1.29, 1.82) is 0 Å². The van der Waals surface area contributed by atoms with E-state index in [1.54, 1.807) is 0 Å². The highest BCUT2D eigenvalue weighted by Gasteiger charge is 2.18. The SMILES string of the molecule is C1CC(CNC2CCOC2)CCN1. The fourth-order valence-corrected chi connectivity index (χ4v) is 2.11. The standard InChI is InChI=1S/C10H20N2O/c1-4-11-5-2-9(1)7-12-10-3-6-13-8-10/h9-12H,1-8H2. The van der Waals surface area contributed by atoms with Crippen molar-refractivity contribution in [3.05, 3.63) is 0 Å². The molecule has 2 saturated heterocycles. The van der Waals surface area contributed by atoms with Gasteiger partial charge >= 0.3 is 0 Å². The van der Waals surface area contributed by atoms with E-state index in [0.29, 0.717) is 6.04 Å². The smallest absolute Gasteiger partial charge is 0.0620 e. The van der Waals surface area contributed by atoms with E-state index >= 15 is 0 Å². The topological polar surface area (TPSA) is 33.3 Å². The zero-order valence-electron chi connectivity index (χ0n) is 8.22. The molecule has 1 atom stereocenters. The van der Waals surface area contributed by atoms with Gasteiger partial charge in [0.05, 0.1) is 6.61 Å². The van der Waals surface area contributed by atoms with Crippen LogP contribution in [0.1, 0.15) is 19.3 Å². The lowest BCUT2D eigenvalue weighted by atomic mass is 9.98. The van der Waals surface area contributed by atoms with Gasteiger partial charge in [-0.15, -0.1) is 0 Å². The van der Waals surface area contributed by atoms with Crippen LogP contribution in [0.4, 0.5) is 0 Å². The van der Waals surface area contributed by atoms with Crippen LogP contribution in [0.25, 0.3) is 0 Å². The van der Waals surface area contributed by atoms with E-state index in [9.17, 15) is 0 Å². The summed E-state index contributed by atoms with van der Waals surface area (Å²) in [4.78, 5) is 0. The van der Waals surface area contributed by atoms with Gasteiger partial charge in [-0.2, -0.15) is 0 Å². The van der Waals surface area contributed by atoms with Crippen LogP contribution in [0.3, 0.4) is 0 Å². The van der Waals surface area contributed by atoms with Crippen molar-refractivity contribution in [1.82, 2.24) is 10.6 Å². The Morgan fingerprint density at radius 1 is 1.23 bits per heavy atom. The van der Waals surface area contributed by atoms with E-state index in [1.807, 2.05) is 0 Å². The van der Waals surface area contributed by atoms with Crippen LogP contribution in [0.5, 0.6) is 0 Å². The Morgan fingerprint density at radius 3 is 2.77 bits per heavy atom. The molecule has 2 fully saturated rings. The fourth-order valence-electron chi connectivity index (χ4n) is 2.11. The predicted octanol–water partition coefficient (Wildman–Crippen LogP) is 0.364. The van der Waals surface area contributed by atoms with Gasteiger partial charge in [-0.3, -0.25) is 0 Å². The number of hydrogen-bond acceptors (Lipinski definition) is 3. The molecule has 2 N–H and O–H groups in total. The van der Waals surface area contributed by atoms with Crippen molar-refractivity contribution in [2.75, 3.05) is 32.8 Å². The zero-order chi connectivity index (χ0) is 8.93. The Hall–Kier alpha value is -0.120. The van der Waals surface area contributed by atoms with Gasteiger partial charge < -0.3 is 15.4 Å². The molecule has 2 heterocycles. The van der Waals surface area contributed by atoms with Gasteiger partial charge in [0, 0.05) is 12.6 Å². The highest BCUT2D eigenvalue weighted by Crippen LogP contribution is 2.11. The molecule has 2 aliphatic heterocycles. The second-order valence-corrected chi connectivity index (χ2v) is 4.16. The van der Waals surface area contributed by atoms with Crippen molar-refractivity contribution in [2.24, 2.45) is 5.92 Å². The number of rotatable bonds is 3. The Morgan fingerprint density at radius 2 is 2.08 bits per heavy atom. The number of ether oxygens (including phenoxy) is 1. The van der Waals surface area contributed by atoms with Crippen LogP contribution in [-0.4, -0.2) is 38.9 Å². The number of hydrogen-bond donors (Lipinski definition) is 2. The molecule has 13 heavy (non-hydrogen) atoms. The van der Waals surface area contributed by atoms with Gasteiger partial charge in [-0.1, -0.05) is 0 Å². The third kappa shape index (κ3) is 2.93. The summed E-state index contributed by atoms with van der Waals surface area (Å²) in [7, 11) is 0. The van der Waals surface area contributed by atoms with Crippen molar-refractivity contribution in [3.8, 4) is 0 Å². The first-order valence-electron chi connectivity index (χ1n) is 5.47. The van der Waals surface area contributed by atoms with Crippen molar-refractivity contribution < 1.29 is 4.74 Å². The lowest BCUT2D eigenvalue weighted by Crippen LogP contribution is -2.38. The van der Waals surface area contributed by atoms with E-state index in [2.05, 4.69) is 10.6 Å². The largest absolute Gasteiger partial charge is 0.380 e. The highest BCUT2D eigenvalue weighted by molar-refractivity contribution is 4.75. The van der Waals surface area contributed by atoms with Crippen molar-refractivity contribution in [2.45, 2.75) is 25.3 Å². The molecule has 0 aromatic carbocycles. The van der Waals surface area contributed by atoms with Gasteiger partial charge in [0.2, 0.25) is 0 Å². The monoisotopic (exact) mass is 184 g/mol. The van der Waals surface area contributed by atoms with Crippen LogP contribution in [0.15, 0.2) is 0 Å². The van der Waals surface area contributed by atoms with E-state index in [1.165, 1.54) is 38.9 Å². The fraction of sp³-hybridized carbons (Fsp3) is 1.00. The van der Waals surface area contributed by atoms with Crippen LogP contribution >= 0.6 is 0 Å². The van der Waals surface area contributed by atoms with Crippen LogP contribution < -0.4 is 10.6 Å². The third-order valence-electron chi connectivity index (χ3n) is 3.08. The maximum absolute atomic E-state index is 5.32. The van der Waals surface area contributed by atoms with E-state index < -0.39 is 0 Å². The Bertz CT molecular complexity index is 140. The molecule has 2 rings (SSSR count). The lowest BCUT2D eigenvalue weighted by molar-refractivity contribution is 0.188. The first kappa shape index (κ1) is 9.44. The summed E-state index contributed by atoms with van der Waals surface area (Å²) in [6.07, 6.45) is 3.87. The van der Waals surface area contributed by atoms with Crippen LogP contribution in [-0.2, 0) is 4.74 Å². The van der Waals surface area contributed by atoms with E-state index in [0.717, 1.165) is 19.1 Å². The predicted molar refractivity (Wildman–Crippen MR) is 52.8 cm³/mol. The second-order valence-electron chi connectivity index (χ2n) is 4.16. The summed E-state index contributed by atoms with van der Waals surface area (Å²) < 4.78 is 5.32. The summed E-state index contributed by atoms with van der Waals surface area (Å²) in [5.74, 6) is 0.891. The van der Waals surface area contributed by atoms with E-state index in [-0.39, 0.29) is 0 Å². The van der Waals surface area contributed by atoms with Gasteiger partial charge in [0.1, 0.15) is 0 Å². The summed E-state index contributed by atoms with van der Waals surface area (Å²) >= 11 is 0. The maximum Gasteiger partial charge on any atom is 0.0620 e. The van der Waals surface area contributed by atoms with Gasteiger partial charge in [0.25, 0.3) is 0 Å². The lowest BCUT2D eigenvalue weighted by Gasteiger charge is -2.24. The number of piperidine rings is 1. The Labute approximate surface area is 80.2 Å². The minimum Gasteiger partial charge on any atom is -0.380 e.